The van der Waals surface area contributed by atoms with Crippen molar-refractivity contribution in [3.63, 3.8) is 0 Å². The zero-order chi connectivity index (χ0) is 14.4. The zero-order valence-electron chi connectivity index (χ0n) is 10.7. The van der Waals surface area contributed by atoms with Crippen LogP contribution in [-0.2, 0) is 11.3 Å². The van der Waals surface area contributed by atoms with Crippen molar-refractivity contribution >= 4 is 11.3 Å². The minimum absolute atomic E-state index is 0.0820. The van der Waals surface area contributed by atoms with Gasteiger partial charge in [-0.05, 0) is 12.1 Å². The van der Waals surface area contributed by atoms with E-state index in [2.05, 4.69) is 15.5 Å². The van der Waals surface area contributed by atoms with Crippen LogP contribution in [0.15, 0.2) is 18.2 Å². The van der Waals surface area contributed by atoms with E-state index < -0.39 is 11.6 Å². The molecule has 0 aliphatic carbocycles. The molecule has 0 spiro atoms. The molecule has 1 N–H and O–H groups in total. The van der Waals surface area contributed by atoms with Crippen LogP contribution in [0.25, 0.3) is 0 Å². The molecule has 108 valence electrons. The van der Waals surface area contributed by atoms with Crippen molar-refractivity contribution in [2.75, 3.05) is 20.3 Å². The van der Waals surface area contributed by atoms with Gasteiger partial charge in [0.15, 0.2) is 11.6 Å². The van der Waals surface area contributed by atoms with Gasteiger partial charge in [0.1, 0.15) is 10.8 Å². The lowest BCUT2D eigenvalue weighted by Crippen LogP contribution is -2.18. The van der Waals surface area contributed by atoms with Crippen LogP contribution in [0.5, 0.6) is 10.9 Å². The van der Waals surface area contributed by atoms with Crippen molar-refractivity contribution in [3.05, 3.63) is 34.8 Å². The van der Waals surface area contributed by atoms with E-state index in [1.807, 2.05) is 0 Å². The summed E-state index contributed by atoms with van der Waals surface area (Å²) in [5.74, 6) is -1.52. The second-order valence-electron chi connectivity index (χ2n) is 3.81. The summed E-state index contributed by atoms with van der Waals surface area (Å²) in [6.45, 7) is 1.82. The molecule has 0 amide bonds. The van der Waals surface area contributed by atoms with E-state index in [1.54, 1.807) is 7.11 Å². The minimum Gasteiger partial charge on any atom is -0.427 e. The number of hydrogen-bond acceptors (Lipinski definition) is 6. The molecular weight excluding hydrogens is 288 g/mol. The highest BCUT2D eigenvalue weighted by atomic mass is 32.1. The van der Waals surface area contributed by atoms with Crippen LogP contribution in [0.3, 0.4) is 0 Å². The Kier molecular flexibility index (Phi) is 5.33. The molecule has 0 radical (unpaired) electrons. The number of hydrogen-bond donors (Lipinski definition) is 1. The second kappa shape index (κ2) is 7.22. The van der Waals surface area contributed by atoms with E-state index in [-0.39, 0.29) is 10.9 Å². The van der Waals surface area contributed by atoms with Crippen LogP contribution in [0.1, 0.15) is 5.01 Å². The van der Waals surface area contributed by atoms with Gasteiger partial charge in [-0.25, -0.2) is 8.78 Å². The maximum absolute atomic E-state index is 13.4. The number of nitrogens with one attached hydrogen (secondary N) is 1. The Morgan fingerprint density at radius 1 is 1.30 bits per heavy atom. The third kappa shape index (κ3) is 4.19. The van der Waals surface area contributed by atoms with E-state index in [0.717, 1.165) is 12.1 Å². The first-order chi connectivity index (χ1) is 9.69. The Bertz CT molecular complexity index is 565. The Morgan fingerprint density at radius 3 is 2.90 bits per heavy atom. The van der Waals surface area contributed by atoms with Crippen LogP contribution in [0.2, 0.25) is 0 Å². The van der Waals surface area contributed by atoms with Gasteiger partial charge >= 0.3 is 0 Å². The van der Waals surface area contributed by atoms with Gasteiger partial charge in [-0.15, -0.1) is 5.10 Å². The van der Waals surface area contributed by atoms with Crippen molar-refractivity contribution in [2.24, 2.45) is 0 Å². The summed E-state index contributed by atoms with van der Waals surface area (Å²) < 4.78 is 36.3. The molecule has 8 heteroatoms. The fourth-order valence-corrected chi connectivity index (χ4v) is 2.04. The first-order valence-corrected chi connectivity index (χ1v) is 6.65. The Morgan fingerprint density at radius 2 is 2.15 bits per heavy atom. The molecule has 0 saturated carbocycles. The molecule has 0 bridgehead atoms. The molecule has 1 aromatic heterocycles. The van der Waals surface area contributed by atoms with Gasteiger partial charge in [0.25, 0.3) is 5.19 Å². The molecule has 0 saturated heterocycles. The lowest BCUT2D eigenvalue weighted by atomic mass is 10.3. The van der Waals surface area contributed by atoms with Crippen LogP contribution in [-0.4, -0.2) is 30.5 Å². The third-order valence-corrected chi connectivity index (χ3v) is 3.10. The van der Waals surface area contributed by atoms with E-state index in [4.69, 9.17) is 9.47 Å². The van der Waals surface area contributed by atoms with Crippen molar-refractivity contribution in [1.29, 1.82) is 0 Å². The molecule has 1 aromatic carbocycles. The van der Waals surface area contributed by atoms with Crippen molar-refractivity contribution < 1.29 is 18.3 Å². The lowest BCUT2D eigenvalue weighted by molar-refractivity contribution is 0.199. The summed E-state index contributed by atoms with van der Waals surface area (Å²) in [4.78, 5) is 0. The average Bonchev–Trinajstić information content (AvgIpc) is 2.86. The topological polar surface area (TPSA) is 56.3 Å². The molecule has 0 atom stereocenters. The lowest BCUT2D eigenvalue weighted by Gasteiger charge is -2.02. The van der Waals surface area contributed by atoms with Crippen LogP contribution in [0.4, 0.5) is 8.78 Å². The Hall–Kier alpha value is -1.64. The normalized spacial score (nSPS) is 10.8. The molecule has 5 nitrogen and oxygen atoms in total. The summed E-state index contributed by atoms with van der Waals surface area (Å²) >= 11 is 1.19. The van der Waals surface area contributed by atoms with Crippen molar-refractivity contribution in [1.82, 2.24) is 15.5 Å². The molecule has 0 fully saturated rings. The molecule has 2 aromatic rings. The molecule has 1 heterocycles. The standard InChI is InChI=1S/C12H13F2N3O2S/c1-18-5-4-15-7-11-16-17-12(20-11)19-10-3-2-8(13)6-9(10)14/h2-3,6,15H,4-5,7H2,1H3. The number of rotatable bonds is 7. The van der Waals surface area contributed by atoms with Crippen molar-refractivity contribution in [3.8, 4) is 10.9 Å². The number of benzene rings is 1. The highest BCUT2D eigenvalue weighted by Crippen LogP contribution is 2.27. The average molecular weight is 301 g/mol. The fraction of sp³-hybridized carbons (Fsp3) is 0.333. The monoisotopic (exact) mass is 301 g/mol. The highest BCUT2D eigenvalue weighted by Gasteiger charge is 2.10. The van der Waals surface area contributed by atoms with E-state index in [1.165, 1.54) is 17.4 Å². The van der Waals surface area contributed by atoms with Crippen LogP contribution in [0, 0.1) is 11.6 Å². The van der Waals surface area contributed by atoms with Gasteiger partial charge in [-0.1, -0.05) is 16.4 Å². The quantitative estimate of drug-likeness (QED) is 0.796. The van der Waals surface area contributed by atoms with Crippen LogP contribution < -0.4 is 10.1 Å². The highest BCUT2D eigenvalue weighted by molar-refractivity contribution is 7.13. The molecule has 0 aliphatic rings. The summed E-state index contributed by atoms with van der Waals surface area (Å²) in [5.41, 5.74) is 0. The first kappa shape index (κ1) is 14.8. The van der Waals surface area contributed by atoms with Gasteiger partial charge in [0.05, 0.1) is 6.61 Å². The first-order valence-electron chi connectivity index (χ1n) is 5.84. The predicted octanol–water partition coefficient (Wildman–Crippen LogP) is 2.34. The minimum atomic E-state index is -0.778. The largest absolute Gasteiger partial charge is 0.427 e. The zero-order valence-corrected chi connectivity index (χ0v) is 11.5. The van der Waals surface area contributed by atoms with E-state index in [0.29, 0.717) is 24.7 Å². The second-order valence-corrected chi connectivity index (χ2v) is 4.83. The number of methoxy groups -OCH3 is 1. The van der Waals surface area contributed by atoms with Gasteiger partial charge in [-0.3, -0.25) is 0 Å². The van der Waals surface area contributed by atoms with Gasteiger partial charge < -0.3 is 14.8 Å². The SMILES string of the molecule is COCCNCc1nnc(Oc2ccc(F)cc2F)s1. The number of halogens is 2. The summed E-state index contributed by atoms with van der Waals surface area (Å²) in [6.07, 6.45) is 0. The molecule has 20 heavy (non-hydrogen) atoms. The molecule has 0 unspecified atom stereocenters. The smallest absolute Gasteiger partial charge is 0.299 e. The molecule has 2 rings (SSSR count). The predicted molar refractivity (Wildman–Crippen MR) is 69.9 cm³/mol. The van der Waals surface area contributed by atoms with Gasteiger partial charge in [-0.2, -0.15) is 0 Å². The van der Waals surface area contributed by atoms with Crippen LogP contribution >= 0.6 is 11.3 Å². The Balaban J connectivity index is 1.92. The fourth-order valence-electron chi connectivity index (χ4n) is 1.37. The van der Waals surface area contributed by atoms with Gasteiger partial charge in [0.2, 0.25) is 0 Å². The molecule has 0 aliphatic heterocycles. The number of ether oxygens (including phenoxy) is 2. The van der Waals surface area contributed by atoms with E-state index >= 15 is 0 Å². The number of nitrogens with zero attached hydrogens (tertiary/aromatic N) is 2. The summed E-state index contributed by atoms with van der Waals surface area (Å²) in [7, 11) is 1.62. The maximum Gasteiger partial charge on any atom is 0.299 e. The van der Waals surface area contributed by atoms with E-state index in [9.17, 15) is 8.78 Å². The summed E-state index contributed by atoms with van der Waals surface area (Å²) in [6, 6.07) is 3.08. The van der Waals surface area contributed by atoms with Crippen molar-refractivity contribution in [2.45, 2.75) is 6.54 Å². The number of aromatic nitrogens is 2. The third-order valence-electron chi connectivity index (χ3n) is 2.30. The summed E-state index contributed by atoms with van der Waals surface area (Å²) in [5, 5.41) is 11.7. The Labute approximate surface area is 118 Å². The maximum atomic E-state index is 13.4. The van der Waals surface area contributed by atoms with Gasteiger partial charge in [0, 0.05) is 26.3 Å². The molecular formula is C12H13F2N3O2S.